The lowest BCUT2D eigenvalue weighted by Crippen LogP contribution is -2.24. The number of aromatic nitrogens is 1. The number of hydrogen-bond acceptors (Lipinski definition) is 7. The van der Waals surface area contributed by atoms with Crippen molar-refractivity contribution in [3.63, 3.8) is 0 Å². The maximum Gasteiger partial charge on any atom is 0.311 e. The van der Waals surface area contributed by atoms with Crippen LogP contribution in [0.25, 0.3) is 11.6 Å². The summed E-state index contributed by atoms with van der Waals surface area (Å²) in [6.45, 7) is 1.70. The lowest BCUT2D eigenvalue weighted by Gasteiger charge is -2.07. The Labute approximate surface area is 180 Å². The molecule has 3 heterocycles. The van der Waals surface area contributed by atoms with Gasteiger partial charge in [0.05, 0.1) is 10.6 Å². The summed E-state index contributed by atoms with van der Waals surface area (Å²) in [6.07, 6.45) is 1.73. The van der Waals surface area contributed by atoms with Crippen LogP contribution in [0, 0.1) is 0 Å². The molecule has 0 unspecified atom stereocenters. The third-order valence-corrected chi connectivity index (χ3v) is 5.91. The van der Waals surface area contributed by atoms with Crippen molar-refractivity contribution in [2.75, 3.05) is 12.1 Å². The molecule has 0 fully saturated rings. The van der Waals surface area contributed by atoms with Crippen LogP contribution < -0.4 is 19.7 Å². The molecule has 5 rings (SSSR count). The second-order valence-corrected chi connectivity index (χ2v) is 8.02. The molecular weight excluding hydrogens is 418 g/mol. The first-order valence-electron chi connectivity index (χ1n) is 9.48. The Bertz CT molecular complexity index is 1340. The largest absolute Gasteiger partial charge is 0.493 e. The van der Waals surface area contributed by atoms with Gasteiger partial charge in [0.25, 0.3) is 0 Å². The first kappa shape index (κ1) is 19.1. The van der Waals surface area contributed by atoms with E-state index >= 15 is 0 Å². The van der Waals surface area contributed by atoms with Crippen LogP contribution in [0.2, 0.25) is 0 Å². The number of benzene rings is 2. The zero-order chi connectivity index (χ0) is 21.5. The first-order chi connectivity index (χ1) is 15.0. The van der Waals surface area contributed by atoms with E-state index in [1.807, 2.05) is 31.2 Å². The third kappa shape index (κ3) is 3.49. The molecule has 2 N–H and O–H groups in total. The number of aromatic hydroxyl groups is 1. The van der Waals surface area contributed by atoms with Gasteiger partial charge in [0.2, 0.25) is 18.6 Å². The summed E-state index contributed by atoms with van der Waals surface area (Å²) in [4.78, 5) is 29.4. The maximum atomic E-state index is 12.5. The van der Waals surface area contributed by atoms with Gasteiger partial charge in [-0.1, -0.05) is 29.5 Å². The van der Waals surface area contributed by atoms with Gasteiger partial charge in [-0.2, -0.15) is 0 Å². The van der Waals surface area contributed by atoms with E-state index in [0.717, 1.165) is 38.4 Å². The normalized spacial score (nSPS) is 15.1. The summed E-state index contributed by atoms with van der Waals surface area (Å²) >= 11 is 0.879. The second-order valence-electron chi connectivity index (χ2n) is 7.03. The highest BCUT2D eigenvalue weighted by Gasteiger charge is 2.21. The number of para-hydroxylation sites is 1. The molecule has 0 saturated carbocycles. The molecule has 2 aliphatic rings. The van der Waals surface area contributed by atoms with Gasteiger partial charge >= 0.3 is 4.87 Å². The molecule has 0 aliphatic carbocycles. The highest BCUT2D eigenvalue weighted by Crippen LogP contribution is 2.37. The Kier molecular flexibility index (Phi) is 4.59. The van der Waals surface area contributed by atoms with E-state index in [1.54, 1.807) is 24.3 Å². The van der Waals surface area contributed by atoms with Crippen molar-refractivity contribution in [3.05, 3.63) is 62.6 Å². The lowest BCUT2D eigenvalue weighted by atomic mass is 10.0. The smallest absolute Gasteiger partial charge is 0.311 e. The summed E-state index contributed by atoms with van der Waals surface area (Å²) in [6, 6.07) is 12.7. The zero-order valence-electron chi connectivity index (χ0n) is 16.4. The minimum absolute atomic E-state index is 0.137. The molecule has 1 amide bonds. The van der Waals surface area contributed by atoms with Crippen molar-refractivity contribution in [2.24, 2.45) is 4.99 Å². The zero-order valence-corrected chi connectivity index (χ0v) is 17.2. The van der Waals surface area contributed by atoms with Gasteiger partial charge in [0.1, 0.15) is 6.54 Å². The molecule has 0 spiro atoms. The van der Waals surface area contributed by atoms with Crippen molar-refractivity contribution in [2.45, 2.75) is 13.5 Å². The van der Waals surface area contributed by atoms with E-state index in [4.69, 9.17) is 9.47 Å². The van der Waals surface area contributed by atoms with Crippen LogP contribution in [-0.4, -0.2) is 28.1 Å². The fraction of sp³-hybridized carbons (Fsp3) is 0.136. The van der Waals surface area contributed by atoms with Crippen molar-refractivity contribution in [1.29, 1.82) is 0 Å². The Morgan fingerprint density at radius 3 is 2.94 bits per heavy atom. The summed E-state index contributed by atoms with van der Waals surface area (Å²) in [7, 11) is 0. The Morgan fingerprint density at radius 1 is 1.26 bits per heavy atom. The number of anilines is 1. The van der Waals surface area contributed by atoms with Crippen LogP contribution in [0.15, 0.2) is 52.3 Å². The van der Waals surface area contributed by atoms with E-state index < -0.39 is 10.8 Å². The van der Waals surface area contributed by atoms with Gasteiger partial charge in [0, 0.05) is 28.6 Å². The molecule has 8 nitrogen and oxygen atoms in total. The van der Waals surface area contributed by atoms with Gasteiger partial charge in [-0.15, -0.1) is 0 Å². The second kappa shape index (κ2) is 7.44. The molecular formula is C22H17N3O5S. The molecule has 3 aromatic rings. The average Bonchev–Trinajstić information content (AvgIpc) is 3.41. The van der Waals surface area contributed by atoms with Crippen molar-refractivity contribution >= 4 is 46.0 Å². The summed E-state index contributed by atoms with van der Waals surface area (Å²) in [5.41, 5.74) is 3.93. The highest BCUT2D eigenvalue weighted by molar-refractivity contribution is 7.10. The number of thiazole rings is 1. The molecule has 0 atom stereocenters. The SMILES string of the molecule is CC1=Nc2ccccc2C1=Cc1sc(=O)n(CC(=O)Nc2ccc3c(c2)OCO3)c1O. The molecule has 0 saturated heterocycles. The van der Waals surface area contributed by atoms with E-state index in [2.05, 4.69) is 10.3 Å². The molecule has 9 heteroatoms. The number of ether oxygens (including phenoxy) is 2. The van der Waals surface area contributed by atoms with Gasteiger partial charge in [0.15, 0.2) is 11.5 Å². The van der Waals surface area contributed by atoms with Gasteiger partial charge < -0.3 is 19.9 Å². The first-order valence-corrected chi connectivity index (χ1v) is 10.3. The average molecular weight is 435 g/mol. The van der Waals surface area contributed by atoms with Crippen LogP contribution in [0.1, 0.15) is 17.4 Å². The number of carbonyl (C=O) groups excluding carboxylic acids is 1. The fourth-order valence-corrected chi connectivity index (χ4v) is 4.34. The van der Waals surface area contributed by atoms with Crippen LogP contribution in [-0.2, 0) is 11.3 Å². The van der Waals surface area contributed by atoms with Crippen molar-refractivity contribution in [1.82, 2.24) is 4.57 Å². The topological polar surface area (TPSA) is 102 Å². The molecule has 2 aromatic carbocycles. The molecule has 0 radical (unpaired) electrons. The number of nitrogens with one attached hydrogen (secondary N) is 1. The number of fused-ring (bicyclic) bond motifs is 2. The van der Waals surface area contributed by atoms with Gasteiger partial charge in [-0.3, -0.25) is 19.1 Å². The molecule has 0 bridgehead atoms. The predicted molar refractivity (Wildman–Crippen MR) is 119 cm³/mol. The number of rotatable bonds is 4. The standard InChI is InChI=1S/C22H17N3O5S/c1-12-15(14-4-2-3-5-16(14)23-12)9-19-21(27)25(22(28)31-19)10-20(26)24-13-6-7-17-18(8-13)30-11-29-17/h2-9,27H,10-11H2,1H3,(H,24,26). The number of allylic oxidation sites excluding steroid dienone is 1. The fourth-order valence-electron chi connectivity index (χ4n) is 3.51. The summed E-state index contributed by atoms with van der Waals surface area (Å²) < 4.78 is 11.6. The van der Waals surface area contributed by atoms with E-state index in [0.29, 0.717) is 22.1 Å². The lowest BCUT2D eigenvalue weighted by molar-refractivity contribution is -0.116. The number of aliphatic imine (C=N–C) groups is 1. The number of hydrogen-bond donors (Lipinski definition) is 2. The summed E-state index contributed by atoms with van der Waals surface area (Å²) in [5, 5.41) is 13.3. The predicted octanol–water partition coefficient (Wildman–Crippen LogP) is 3.63. The molecule has 31 heavy (non-hydrogen) atoms. The Hall–Kier alpha value is -3.85. The van der Waals surface area contributed by atoms with Gasteiger partial charge in [-0.25, -0.2) is 0 Å². The van der Waals surface area contributed by atoms with E-state index in [1.165, 1.54) is 0 Å². The minimum Gasteiger partial charge on any atom is -0.493 e. The molecule has 156 valence electrons. The van der Waals surface area contributed by atoms with Crippen LogP contribution in [0.4, 0.5) is 11.4 Å². The summed E-state index contributed by atoms with van der Waals surface area (Å²) in [5.74, 6) is 0.448. The van der Waals surface area contributed by atoms with E-state index in [9.17, 15) is 14.7 Å². The minimum atomic E-state index is -0.447. The maximum absolute atomic E-state index is 12.5. The van der Waals surface area contributed by atoms with Gasteiger partial charge in [-0.05, 0) is 31.2 Å². The monoisotopic (exact) mass is 435 g/mol. The highest BCUT2D eigenvalue weighted by atomic mass is 32.1. The van der Waals surface area contributed by atoms with Crippen molar-refractivity contribution in [3.8, 4) is 17.4 Å². The number of carbonyl (C=O) groups is 1. The number of amides is 1. The third-order valence-electron chi connectivity index (χ3n) is 5.00. The Balaban J connectivity index is 1.38. The van der Waals surface area contributed by atoms with Crippen LogP contribution in [0.3, 0.4) is 0 Å². The van der Waals surface area contributed by atoms with Crippen LogP contribution >= 0.6 is 11.3 Å². The number of nitrogens with zero attached hydrogens (tertiary/aromatic N) is 2. The molecule has 2 aliphatic heterocycles. The van der Waals surface area contributed by atoms with E-state index in [-0.39, 0.29) is 19.2 Å². The Morgan fingerprint density at radius 2 is 2.06 bits per heavy atom. The quantitative estimate of drug-likeness (QED) is 0.652. The van der Waals surface area contributed by atoms with Crippen LogP contribution in [0.5, 0.6) is 17.4 Å². The van der Waals surface area contributed by atoms with Crippen molar-refractivity contribution < 1.29 is 19.4 Å². The molecule has 1 aromatic heterocycles.